The van der Waals surface area contributed by atoms with E-state index in [4.69, 9.17) is 10.2 Å². The lowest BCUT2D eigenvalue weighted by Gasteiger charge is -2.11. The van der Waals surface area contributed by atoms with Gasteiger partial charge in [0.1, 0.15) is 23.4 Å². The lowest BCUT2D eigenvalue weighted by molar-refractivity contribution is -0.147. The summed E-state index contributed by atoms with van der Waals surface area (Å²) in [6, 6.07) is 0. The molecule has 0 saturated carbocycles. The lowest BCUT2D eigenvalue weighted by Crippen LogP contribution is -2.25. The summed E-state index contributed by atoms with van der Waals surface area (Å²) in [5.74, 6) is -5.09. The molecule has 0 saturated heterocycles. The molecular formula is C15H24O6. The number of carboxylic acids is 2. The number of carboxylic acid groups (broad SMARTS) is 2. The van der Waals surface area contributed by atoms with Crippen LogP contribution in [0, 0.1) is 11.8 Å². The number of carbonyl (C=O) groups excluding carboxylic acids is 2. The van der Waals surface area contributed by atoms with Crippen LogP contribution in [0.2, 0.25) is 0 Å². The first kappa shape index (κ1) is 19.3. The number of hydrogen-bond acceptors (Lipinski definition) is 4. The average molecular weight is 300 g/mol. The zero-order valence-electron chi connectivity index (χ0n) is 12.6. The van der Waals surface area contributed by atoms with Crippen LogP contribution >= 0.6 is 0 Å². The Morgan fingerprint density at radius 3 is 1.33 bits per heavy atom. The minimum absolute atomic E-state index is 0.00116. The van der Waals surface area contributed by atoms with E-state index in [1.807, 2.05) is 0 Å². The summed E-state index contributed by atoms with van der Waals surface area (Å²) in [7, 11) is 0. The van der Waals surface area contributed by atoms with E-state index in [9.17, 15) is 19.2 Å². The molecule has 0 aliphatic carbocycles. The molecule has 0 rings (SSSR count). The maximum atomic E-state index is 11.8. The van der Waals surface area contributed by atoms with E-state index in [1.54, 1.807) is 13.8 Å². The molecule has 21 heavy (non-hydrogen) atoms. The number of aliphatic carboxylic acids is 2. The Morgan fingerprint density at radius 1 is 0.762 bits per heavy atom. The Bertz CT molecular complexity index is 352. The molecule has 6 nitrogen and oxygen atoms in total. The van der Waals surface area contributed by atoms with Gasteiger partial charge in [-0.1, -0.05) is 26.7 Å². The van der Waals surface area contributed by atoms with Gasteiger partial charge in [-0.2, -0.15) is 0 Å². The fourth-order valence-corrected chi connectivity index (χ4v) is 2.21. The predicted molar refractivity (Wildman–Crippen MR) is 75.9 cm³/mol. The summed E-state index contributed by atoms with van der Waals surface area (Å²) < 4.78 is 0. The fourth-order valence-electron chi connectivity index (χ4n) is 2.21. The molecule has 0 aromatic rings. The molecule has 0 heterocycles. The Balaban J connectivity index is 4.34. The van der Waals surface area contributed by atoms with E-state index in [-0.39, 0.29) is 43.7 Å². The van der Waals surface area contributed by atoms with Crippen molar-refractivity contribution >= 4 is 23.5 Å². The zero-order chi connectivity index (χ0) is 16.4. The van der Waals surface area contributed by atoms with Crippen LogP contribution < -0.4 is 0 Å². The van der Waals surface area contributed by atoms with Crippen molar-refractivity contribution in [1.82, 2.24) is 0 Å². The van der Waals surface area contributed by atoms with Gasteiger partial charge in [0.2, 0.25) is 0 Å². The highest BCUT2D eigenvalue weighted by atomic mass is 16.4. The molecule has 0 spiro atoms. The monoisotopic (exact) mass is 300 g/mol. The van der Waals surface area contributed by atoms with Crippen molar-refractivity contribution in [2.45, 2.75) is 58.8 Å². The minimum atomic E-state index is -1.14. The maximum absolute atomic E-state index is 11.8. The number of ketones is 2. The van der Waals surface area contributed by atoms with E-state index in [0.29, 0.717) is 12.8 Å². The first-order valence-corrected chi connectivity index (χ1v) is 7.36. The van der Waals surface area contributed by atoms with Crippen molar-refractivity contribution in [3.63, 3.8) is 0 Å². The summed E-state index contributed by atoms with van der Waals surface area (Å²) in [6.07, 6.45) is 1.98. The second-order valence-corrected chi connectivity index (χ2v) is 5.15. The van der Waals surface area contributed by atoms with Crippen molar-refractivity contribution in [1.29, 1.82) is 0 Å². The molecule has 120 valence electrons. The third kappa shape index (κ3) is 7.02. The van der Waals surface area contributed by atoms with Crippen LogP contribution in [0.15, 0.2) is 0 Å². The normalized spacial score (nSPS) is 13.4. The van der Waals surface area contributed by atoms with Gasteiger partial charge >= 0.3 is 11.9 Å². The molecule has 2 N–H and O–H groups in total. The van der Waals surface area contributed by atoms with E-state index in [0.717, 1.165) is 0 Å². The standard InChI is InChI=1S/C15H24O6/c1-3-6-10(14(18)19)12(16)8-5-9-13(17)11(7-4-2)15(20)21/h10-11H,3-9H2,1-2H3,(H,18,19)(H,20,21). The molecule has 0 aromatic carbocycles. The summed E-state index contributed by atoms with van der Waals surface area (Å²) in [4.78, 5) is 45.4. The van der Waals surface area contributed by atoms with Gasteiger partial charge in [-0.25, -0.2) is 0 Å². The molecule has 0 fully saturated rings. The second-order valence-electron chi connectivity index (χ2n) is 5.15. The van der Waals surface area contributed by atoms with Gasteiger partial charge in [-0.05, 0) is 19.3 Å². The second kappa shape index (κ2) is 10.1. The van der Waals surface area contributed by atoms with Crippen molar-refractivity contribution in [2.75, 3.05) is 0 Å². The summed E-state index contributed by atoms with van der Waals surface area (Å²) >= 11 is 0. The highest BCUT2D eigenvalue weighted by Gasteiger charge is 2.27. The predicted octanol–water partition coefficient (Wildman–Crippen LogP) is 2.30. The third-order valence-corrected chi connectivity index (χ3v) is 3.37. The van der Waals surface area contributed by atoms with Crippen LogP contribution in [0.4, 0.5) is 0 Å². The molecule has 6 heteroatoms. The van der Waals surface area contributed by atoms with Gasteiger partial charge in [-0.15, -0.1) is 0 Å². The van der Waals surface area contributed by atoms with E-state index in [1.165, 1.54) is 0 Å². The number of hydrogen-bond donors (Lipinski definition) is 2. The first-order chi connectivity index (χ1) is 9.84. The number of Topliss-reactive ketones (excluding diaryl/α,β-unsaturated/α-hetero) is 2. The van der Waals surface area contributed by atoms with E-state index >= 15 is 0 Å². The highest BCUT2D eigenvalue weighted by molar-refractivity contribution is 5.99. The fraction of sp³-hybridized carbons (Fsp3) is 0.733. The average Bonchev–Trinajstić information content (AvgIpc) is 2.40. The molecule has 0 aliphatic heterocycles. The summed E-state index contributed by atoms with van der Waals surface area (Å²) in [6.45, 7) is 3.60. The third-order valence-electron chi connectivity index (χ3n) is 3.37. The van der Waals surface area contributed by atoms with Crippen LogP contribution in [0.3, 0.4) is 0 Å². The van der Waals surface area contributed by atoms with Crippen LogP contribution in [-0.4, -0.2) is 33.7 Å². The smallest absolute Gasteiger partial charge is 0.314 e. The van der Waals surface area contributed by atoms with Gasteiger partial charge in [0.05, 0.1) is 0 Å². The molecule has 0 aliphatic rings. The SMILES string of the molecule is CCCC(C(=O)O)C(=O)CCCC(=O)C(CCC)C(=O)O. The molecule has 2 atom stereocenters. The zero-order valence-corrected chi connectivity index (χ0v) is 12.6. The molecule has 0 amide bonds. The minimum Gasteiger partial charge on any atom is -0.481 e. The van der Waals surface area contributed by atoms with Gasteiger partial charge in [-0.3, -0.25) is 19.2 Å². The summed E-state index contributed by atoms with van der Waals surface area (Å²) in [5.41, 5.74) is 0. The van der Waals surface area contributed by atoms with E-state index in [2.05, 4.69) is 0 Å². The quantitative estimate of drug-likeness (QED) is 0.535. The molecule has 0 aromatic heterocycles. The van der Waals surface area contributed by atoms with Crippen molar-refractivity contribution in [3.05, 3.63) is 0 Å². The van der Waals surface area contributed by atoms with Crippen LogP contribution in [-0.2, 0) is 19.2 Å². The molecule has 0 radical (unpaired) electrons. The van der Waals surface area contributed by atoms with Crippen molar-refractivity contribution in [2.24, 2.45) is 11.8 Å². The van der Waals surface area contributed by atoms with Gasteiger partial charge < -0.3 is 10.2 Å². The van der Waals surface area contributed by atoms with Gasteiger partial charge in [0, 0.05) is 12.8 Å². The number of rotatable bonds is 12. The van der Waals surface area contributed by atoms with Crippen molar-refractivity contribution in [3.8, 4) is 0 Å². The Morgan fingerprint density at radius 2 is 1.10 bits per heavy atom. The van der Waals surface area contributed by atoms with Crippen LogP contribution in [0.5, 0.6) is 0 Å². The molecular weight excluding hydrogens is 276 g/mol. The maximum Gasteiger partial charge on any atom is 0.314 e. The van der Waals surface area contributed by atoms with Crippen LogP contribution in [0.1, 0.15) is 58.8 Å². The highest BCUT2D eigenvalue weighted by Crippen LogP contribution is 2.16. The summed E-state index contributed by atoms with van der Waals surface area (Å²) in [5, 5.41) is 17.9. The molecule has 0 bridgehead atoms. The Kier molecular flexibility index (Phi) is 9.25. The largest absolute Gasteiger partial charge is 0.481 e. The Labute approximate surface area is 124 Å². The topological polar surface area (TPSA) is 109 Å². The van der Waals surface area contributed by atoms with Gasteiger partial charge in [0.15, 0.2) is 0 Å². The number of carbonyl (C=O) groups is 4. The van der Waals surface area contributed by atoms with Gasteiger partial charge in [0.25, 0.3) is 0 Å². The lowest BCUT2D eigenvalue weighted by atomic mass is 9.92. The van der Waals surface area contributed by atoms with Crippen LogP contribution in [0.25, 0.3) is 0 Å². The van der Waals surface area contributed by atoms with Crippen molar-refractivity contribution < 1.29 is 29.4 Å². The molecule has 2 unspecified atom stereocenters. The first-order valence-electron chi connectivity index (χ1n) is 7.36. The van der Waals surface area contributed by atoms with E-state index < -0.39 is 23.8 Å². The Hall–Kier alpha value is -1.72.